The fraction of sp³-hybridized carbons (Fsp3) is 0.846. The maximum absolute atomic E-state index is 11.5. The lowest BCUT2D eigenvalue weighted by Crippen LogP contribution is -2.43. The van der Waals surface area contributed by atoms with Crippen molar-refractivity contribution in [2.45, 2.75) is 38.6 Å². The molecule has 1 aliphatic rings. The molecule has 0 aromatic rings. The number of aliphatic carboxylic acids is 1. The van der Waals surface area contributed by atoms with Gasteiger partial charge in [-0.1, -0.05) is 6.92 Å². The molecule has 0 aliphatic carbocycles. The number of nitrogens with two attached hydrogens (primary N) is 1. The topological polar surface area (TPSA) is 95.7 Å². The summed E-state index contributed by atoms with van der Waals surface area (Å²) in [5, 5.41) is 11.2. The van der Waals surface area contributed by atoms with Crippen LogP contribution in [0.2, 0.25) is 0 Å². The molecule has 0 aromatic carbocycles. The van der Waals surface area contributed by atoms with Crippen molar-refractivity contribution in [1.82, 2.24) is 10.2 Å². The Labute approximate surface area is 114 Å². The minimum atomic E-state index is -1.05. The third kappa shape index (κ3) is 6.54. The zero-order chi connectivity index (χ0) is 14.3. The van der Waals surface area contributed by atoms with Gasteiger partial charge in [0.05, 0.1) is 12.5 Å². The van der Waals surface area contributed by atoms with Crippen molar-refractivity contribution >= 4 is 11.9 Å². The number of amides is 1. The molecule has 0 spiro atoms. The number of carbonyl (C=O) groups is 2. The Morgan fingerprint density at radius 2 is 2.05 bits per heavy atom. The van der Waals surface area contributed by atoms with Gasteiger partial charge in [-0.15, -0.1) is 0 Å². The van der Waals surface area contributed by atoms with Crippen LogP contribution in [-0.4, -0.2) is 54.1 Å². The molecule has 6 nitrogen and oxygen atoms in total. The fourth-order valence-corrected chi connectivity index (χ4v) is 2.21. The molecule has 0 saturated carbocycles. The summed E-state index contributed by atoms with van der Waals surface area (Å²) in [5.74, 6) is -0.607. The van der Waals surface area contributed by atoms with Gasteiger partial charge in [0.2, 0.25) is 5.91 Å². The molecule has 1 saturated heterocycles. The Morgan fingerprint density at radius 3 is 2.63 bits per heavy atom. The lowest BCUT2D eigenvalue weighted by atomic mass is 9.99. The third-order valence-electron chi connectivity index (χ3n) is 3.56. The molecule has 1 aliphatic heterocycles. The molecule has 6 heteroatoms. The van der Waals surface area contributed by atoms with Gasteiger partial charge >= 0.3 is 5.97 Å². The Bertz CT molecular complexity index is 302. The number of carbonyl (C=O) groups excluding carboxylic acids is 1. The molecule has 0 aromatic heterocycles. The highest BCUT2D eigenvalue weighted by Gasteiger charge is 2.17. The van der Waals surface area contributed by atoms with E-state index in [-0.39, 0.29) is 12.3 Å². The van der Waals surface area contributed by atoms with Gasteiger partial charge in [0.15, 0.2) is 0 Å². The highest BCUT2D eigenvalue weighted by Crippen LogP contribution is 2.15. The van der Waals surface area contributed by atoms with E-state index in [0.29, 0.717) is 6.54 Å². The summed E-state index contributed by atoms with van der Waals surface area (Å²) in [4.78, 5) is 24.3. The van der Waals surface area contributed by atoms with Gasteiger partial charge in [-0.2, -0.15) is 0 Å². The van der Waals surface area contributed by atoms with Crippen molar-refractivity contribution in [3.8, 4) is 0 Å². The maximum atomic E-state index is 11.5. The number of likely N-dealkylation sites (tertiary alicyclic amines) is 1. The zero-order valence-electron chi connectivity index (χ0n) is 11.6. The quantitative estimate of drug-likeness (QED) is 0.568. The van der Waals surface area contributed by atoms with Crippen molar-refractivity contribution in [1.29, 1.82) is 0 Å². The molecule has 0 bridgehead atoms. The molecule has 110 valence electrons. The van der Waals surface area contributed by atoms with Crippen molar-refractivity contribution in [3.05, 3.63) is 0 Å². The van der Waals surface area contributed by atoms with Crippen LogP contribution < -0.4 is 11.1 Å². The minimum Gasteiger partial charge on any atom is -0.481 e. The van der Waals surface area contributed by atoms with E-state index in [2.05, 4.69) is 17.1 Å². The van der Waals surface area contributed by atoms with Gasteiger partial charge < -0.3 is 21.1 Å². The van der Waals surface area contributed by atoms with Gasteiger partial charge in [-0.05, 0) is 44.8 Å². The standard InChI is InChI=1S/C13H25N3O3/c1-10-3-7-16(8-4-10)6-2-5-15-13(19)11(14)9-12(17)18/h10-11H,2-9,14H2,1H3,(H,15,19)(H,17,18). The van der Waals surface area contributed by atoms with Crippen molar-refractivity contribution in [2.75, 3.05) is 26.2 Å². The number of rotatable bonds is 7. The van der Waals surface area contributed by atoms with Crippen molar-refractivity contribution in [2.24, 2.45) is 11.7 Å². The van der Waals surface area contributed by atoms with Crippen LogP contribution in [0.5, 0.6) is 0 Å². The Balaban J connectivity index is 2.07. The van der Waals surface area contributed by atoms with Crippen LogP contribution in [-0.2, 0) is 9.59 Å². The Morgan fingerprint density at radius 1 is 1.42 bits per heavy atom. The molecule has 1 rings (SSSR count). The van der Waals surface area contributed by atoms with Crippen LogP contribution in [0, 0.1) is 5.92 Å². The maximum Gasteiger partial charge on any atom is 0.305 e. The van der Waals surface area contributed by atoms with E-state index in [4.69, 9.17) is 10.8 Å². The van der Waals surface area contributed by atoms with Crippen LogP contribution >= 0.6 is 0 Å². The SMILES string of the molecule is CC1CCN(CCCNC(=O)C(N)CC(=O)O)CC1. The van der Waals surface area contributed by atoms with E-state index in [9.17, 15) is 9.59 Å². The third-order valence-corrected chi connectivity index (χ3v) is 3.56. The second kappa shape index (κ2) is 8.12. The second-order valence-electron chi connectivity index (χ2n) is 5.37. The number of nitrogens with one attached hydrogen (secondary N) is 1. The first-order chi connectivity index (χ1) is 8.99. The molecule has 1 fully saturated rings. The normalized spacial score (nSPS) is 19.1. The van der Waals surface area contributed by atoms with E-state index >= 15 is 0 Å². The predicted octanol–water partition coefficient (Wildman–Crippen LogP) is 0.0266. The van der Waals surface area contributed by atoms with E-state index < -0.39 is 12.0 Å². The van der Waals surface area contributed by atoms with Crippen molar-refractivity contribution in [3.63, 3.8) is 0 Å². The van der Waals surface area contributed by atoms with Gasteiger partial charge in [0, 0.05) is 6.54 Å². The molecule has 1 unspecified atom stereocenters. The van der Waals surface area contributed by atoms with Crippen molar-refractivity contribution < 1.29 is 14.7 Å². The van der Waals surface area contributed by atoms with Crippen LogP contribution in [0.15, 0.2) is 0 Å². The molecule has 4 N–H and O–H groups in total. The average Bonchev–Trinajstić information content (AvgIpc) is 2.35. The van der Waals surface area contributed by atoms with E-state index in [1.165, 1.54) is 12.8 Å². The lowest BCUT2D eigenvalue weighted by Gasteiger charge is -2.30. The predicted molar refractivity (Wildman–Crippen MR) is 72.7 cm³/mol. The monoisotopic (exact) mass is 271 g/mol. The number of hydrogen-bond acceptors (Lipinski definition) is 4. The number of piperidine rings is 1. The summed E-state index contributed by atoms with van der Waals surface area (Å²) < 4.78 is 0. The first-order valence-electron chi connectivity index (χ1n) is 6.96. The molecular formula is C13H25N3O3. The number of nitrogens with zero attached hydrogens (tertiary/aromatic N) is 1. The van der Waals surface area contributed by atoms with E-state index in [1.807, 2.05) is 0 Å². The van der Waals surface area contributed by atoms with E-state index in [0.717, 1.165) is 32.0 Å². The smallest absolute Gasteiger partial charge is 0.305 e. The highest BCUT2D eigenvalue weighted by atomic mass is 16.4. The molecule has 1 amide bonds. The van der Waals surface area contributed by atoms with Crippen LogP contribution in [0.1, 0.15) is 32.6 Å². The summed E-state index contributed by atoms with van der Waals surface area (Å²) >= 11 is 0. The minimum absolute atomic E-state index is 0.324. The molecule has 1 heterocycles. The van der Waals surface area contributed by atoms with Gasteiger partial charge in [-0.25, -0.2) is 0 Å². The zero-order valence-corrected chi connectivity index (χ0v) is 11.6. The number of carboxylic acid groups (broad SMARTS) is 1. The van der Waals surface area contributed by atoms with Gasteiger partial charge in [-0.3, -0.25) is 9.59 Å². The van der Waals surface area contributed by atoms with E-state index in [1.54, 1.807) is 0 Å². The second-order valence-corrected chi connectivity index (χ2v) is 5.37. The fourth-order valence-electron chi connectivity index (χ4n) is 2.21. The summed E-state index contributed by atoms with van der Waals surface area (Å²) in [6, 6.07) is -0.951. The average molecular weight is 271 g/mol. The van der Waals surface area contributed by atoms with Gasteiger partial charge in [0.25, 0.3) is 0 Å². The van der Waals surface area contributed by atoms with Crippen LogP contribution in [0.25, 0.3) is 0 Å². The largest absolute Gasteiger partial charge is 0.481 e. The first-order valence-corrected chi connectivity index (χ1v) is 6.96. The lowest BCUT2D eigenvalue weighted by molar-refractivity contribution is -0.139. The summed E-state index contributed by atoms with van der Waals surface area (Å²) in [5.41, 5.74) is 5.46. The number of hydrogen-bond donors (Lipinski definition) is 3. The summed E-state index contributed by atoms with van der Waals surface area (Å²) in [6.07, 6.45) is 3.04. The van der Waals surface area contributed by atoms with Crippen LogP contribution in [0.4, 0.5) is 0 Å². The summed E-state index contributed by atoms with van der Waals surface area (Å²) in [7, 11) is 0. The molecule has 19 heavy (non-hydrogen) atoms. The van der Waals surface area contributed by atoms with Crippen LogP contribution in [0.3, 0.4) is 0 Å². The van der Waals surface area contributed by atoms with Gasteiger partial charge in [0.1, 0.15) is 0 Å². The Kier molecular flexibility index (Phi) is 6.80. The first kappa shape index (κ1) is 15.9. The summed E-state index contributed by atoms with van der Waals surface area (Å²) in [6.45, 7) is 6.07. The molecule has 0 radical (unpaired) electrons. The highest BCUT2D eigenvalue weighted by molar-refractivity contribution is 5.85. The Hall–Kier alpha value is -1.14. The molecular weight excluding hydrogens is 246 g/mol. The molecule has 1 atom stereocenters. The number of carboxylic acids is 1.